The van der Waals surface area contributed by atoms with Gasteiger partial charge in [0.15, 0.2) is 0 Å². The van der Waals surface area contributed by atoms with Crippen LogP contribution in [0.5, 0.6) is 17.2 Å². The summed E-state index contributed by atoms with van der Waals surface area (Å²) in [4.78, 5) is 24.7. The molecular formula is C28H23F3O6. The van der Waals surface area contributed by atoms with Gasteiger partial charge in [-0.2, -0.15) is 13.2 Å². The number of alkyl halides is 3. The highest BCUT2D eigenvalue weighted by atomic mass is 19.4. The van der Waals surface area contributed by atoms with Crippen molar-refractivity contribution in [3.8, 4) is 17.2 Å². The number of fused-ring (bicyclic) bond motifs is 1. The van der Waals surface area contributed by atoms with Gasteiger partial charge in [-0.05, 0) is 47.4 Å². The van der Waals surface area contributed by atoms with Gasteiger partial charge in [-0.3, -0.25) is 4.79 Å². The third-order valence-electron chi connectivity index (χ3n) is 5.61. The third kappa shape index (κ3) is 5.61. The second-order valence-corrected chi connectivity index (χ2v) is 8.52. The number of halogens is 3. The van der Waals surface area contributed by atoms with Crippen LogP contribution in [0.15, 0.2) is 75.9 Å². The van der Waals surface area contributed by atoms with Crippen LogP contribution in [-0.4, -0.2) is 13.1 Å². The summed E-state index contributed by atoms with van der Waals surface area (Å²) in [6.45, 7) is 3.80. The van der Waals surface area contributed by atoms with Crippen molar-refractivity contribution in [2.45, 2.75) is 32.5 Å². The van der Waals surface area contributed by atoms with E-state index in [9.17, 15) is 22.8 Å². The molecule has 37 heavy (non-hydrogen) atoms. The lowest BCUT2D eigenvalue weighted by atomic mass is 10.0. The van der Waals surface area contributed by atoms with E-state index < -0.39 is 29.1 Å². The minimum atomic E-state index is -4.98. The molecule has 0 aliphatic rings. The average Bonchev–Trinajstić information content (AvgIpc) is 2.88. The Bertz CT molecular complexity index is 1490. The van der Waals surface area contributed by atoms with Crippen molar-refractivity contribution in [2.24, 2.45) is 0 Å². The Morgan fingerprint density at radius 3 is 2.35 bits per heavy atom. The third-order valence-corrected chi connectivity index (χ3v) is 5.61. The monoisotopic (exact) mass is 512 g/mol. The van der Waals surface area contributed by atoms with Gasteiger partial charge in [0, 0.05) is 6.07 Å². The fourth-order valence-corrected chi connectivity index (χ4v) is 3.71. The molecule has 4 rings (SSSR count). The second-order valence-electron chi connectivity index (χ2n) is 8.52. The van der Waals surface area contributed by atoms with E-state index in [1.807, 2.05) is 13.8 Å². The number of carbonyl (C=O) groups excluding carboxylic acids is 1. The molecule has 6 nitrogen and oxygen atoms in total. The molecule has 0 aliphatic heterocycles. The number of hydrogen-bond donors (Lipinski definition) is 0. The summed E-state index contributed by atoms with van der Waals surface area (Å²) < 4.78 is 62.8. The minimum Gasteiger partial charge on any atom is -0.489 e. The van der Waals surface area contributed by atoms with E-state index in [0.717, 1.165) is 0 Å². The molecule has 0 atom stereocenters. The summed E-state index contributed by atoms with van der Waals surface area (Å²) in [6.07, 6.45) is -4.98. The Labute approximate surface area is 210 Å². The van der Waals surface area contributed by atoms with Crippen molar-refractivity contribution >= 4 is 16.9 Å². The predicted octanol–water partition coefficient (Wildman–Crippen LogP) is 7.09. The Morgan fingerprint density at radius 1 is 1.00 bits per heavy atom. The Kier molecular flexibility index (Phi) is 7.24. The van der Waals surface area contributed by atoms with Crippen molar-refractivity contribution in [1.82, 2.24) is 0 Å². The van der Waals surface area contributed by atoms with E-state index in [1.165, 1.54) is 31.4 Å². The lowest BCUT2D eigenvalue weighted by Gasteiger charge is -2.16. The zero-order chi connectivity index (χ0) is 26.7. The Morgan fingerprint density at radius 2 is 1.70 bits per heavy atom. The maximum atomic E-state index is 13.9. The van der Waals surface area contributed by atoms with Crippen LogP contribution in [0.25, 0.3) is 11.0 Å². The number of rotatable bonds is 7. The summed E-state index contributed by atoms with van der Waals surface area (Å²) in [5, 5.41) is -0.0835. The van der Waals surface area contributed by atoms with Crippen molar-refractivity contribution in [3.63, 3.8) is 0 Å². The molecule has 0 N–H and O–H groups in total. The van der Waals surface area contributed by atoms with Crippen LogP contribution < -0.4 is 14.9 Å². The number of benzene rings is 3. The smallest absolute Gasteiger partial charge is 0.453 e. The molecule has 3 aromatic carbocycles. The molecule has 0 amide bonds. The van der Waals surface area contributed by atoms with Gasteiger partial charge in [0.2, 0.25) is 11.2 Å². The number of hydrogen-bond acceptors (Lipinski definition) is 6. The minimum absolute atomic E-state index is 0.0468. The standard InChI is InChI=1S/C28H23F3O6/c1-16(2)20-6-4-5-7-22(20)36-25-24(32)21-13-12-19(14-23(21)37-26(25)28(29,30)31)35-15-17-8-10-18(11-9-17)27(33)34-3/h4-14,16H,15H2,1-3H3. The Hall–Kier alpha value is -4.27. The predicted molar refractivity (Wildman–Crippen MR) is 130 cm³/mol. The van der Waals surface area contributed by atoms with Gasteiger partial charge in [-0.25, -0.2) is 4.79 Å². The van der Waals surface area contributed by atoms with Crippen LogP contribution in [0, 0.1) is 0 Å². The quantitative estimate of drug-likeness (QED) is 0.246. The van der Waals surface area contributed by atoms with Crippen molar-refractivity contribution in [3.05, 3.63) is 99.4 Å². The van der Waals surface area contributed by atoms with Gasteiger partial charge in [0.25, 0.3) is 5.76 Å². The summed E-state index contributed by atoms with van der Waals surface area (Å²) >= 11 is 0. The molecule has 9 heteroatoms. The first-order valence-corrected chi connectivity index (χ1v) is 11.3. The lowest BCUT2D eigenvalue weighted by molar-refractivity contribution is -0.154. The molecular weight excluding hydrogens is 489 g/mol. The number of methoxy groups -OCH3 is 1. The molecule has 1 aromatic heterocycles. The summed E-state index contributed by atoms with van der Waals surface area (Å²) in [5.74, 6) is -2.64. The maximum Gasteiger partial charge on any atom is 0.453 e. The van der Waals surface area contributed by atoms with E-state index in [-0.39, 0.29) is 35.0 Å². The fourth-order valence-electron chi connectivity index (χ4n) is 3.71. The molecule has 0 unspecified atom stereocenters. The zero-order valence-electron chi connectivity index (χ0n) is 20.2. The van der Waals surface area contributed by atoms with Crippen LogP contribution in [-0.2, 0) is 17.5 Å². The highest BCUT2D eigenvalue weighted by molar-refractivity contribution is 5.89. The van der Waals surface area contributed by atoms with Crippen molar-refractivity contribution < 1.29 is 36.6 Å². The summed E-state index contributed by atoms with van der Waals surface area (Å²) in [6, 6.07) is 17.1. The first-order valence-electron chi connectivity index (χ1n) is 11.3. The van der Waals surface area contributed by atoms with Gasteiger partial charge in [0.1, 0.15) is 23.7 Å². The topological polar surface area (TPSA) is 75.0 Å². The van der Waals surface area contributed by atoms with Crippen LogP contribution in [0.2, 0.25) is 0 Å². The van der Waals surface area contributed by atoms with E-state index >= 15 is 0 Å². The van der Waals surface area contributed by atoms with Crippen LogP contribution >= 0.6 is 0 Å². The Balaban J connectivity index is 1.67. The average molecular weight is 512 g/mol. The molecule has 4 aromatic rings. The van der Waals surface area contributed by atoms with Gasteiger partial charge < -0.3 is 18.6 Å². The number of carbonyl (C=O) groups is 1. The van der Waals surface area contributed by atoms with E-state index in [0.29, 0.717) is 16.7 Å². The molecule has 0 bridgehead atoms. The number of ether oxygens (including phenoxy) is 3. The highest BCUT2D eigenvalue weighted by Crippen LogP contribution is 2.40. The van der Waals surface area contributed by atoms with Gasteiger partial charge in [-0.15, -0.1) is 0 Å². The van der Waals surface area contributed by atoms with Gasteiger partial charge >= 0.3 is 12.1 Å². The molecule has 0 saturated heterocycles. The summed E-state index contributed by atoms with van der Waals surface area (Å²) in [5.41, 5.74) is 0.487. The molecule has 0 fully saturated rings. The fraction of sp³-hybridized carbons (Fsp3) is 0.214. The molecule has 0 spiro atoms. The van der Waals surface area contributed by atoms with E-state index in [1.54, 1.807) is 42.5 Å². The van der Waals surface area contributed by atoms with Gasteiger partial charge in [-0.1, -0.05) is 44.2 Å². The zero-order valence-corrected chi connectivity index (χ0v) is 20.2. The number of esters is 1. The number of para-hydroxylation sites is 1. The maximum absolute atomic E-state index is 13.9. The van der Waals surface area contributed by atoms with Crippen LogP contribution in [0.3, 0.4) is 0 Å². The SMILES string of the molecule is COC(=O)c1ccc(COc2ccc3c(=O)c(Oc4ccccc4C(C)C)c(C(F)(F)F)oc3c2)cc1. The second kappa shape index (κ2) is 10.4. The van der Waals surface area contributed by atoms with Crippen LogP contribution in [0.4, 0.5) is 13.2 Å². The lowest BCUT2D eigenvalue weighted by Crippen LogP contribution is -2.16. The largest absolute Gasteiger partial charge is 0.489 e. The molecule has 0 saturated carbocycles. The van der Waals surface area contributed by atoms with E-state index in [2.05, 4.69) is 4.74 Å². The van der Waals surface area contributed by atoms with Crippen molar-refractivity contribution in [1.29, 1.82) is 0 Å². The van der Waals surface area contributed by atoms with E-state index in [4.69, 9.17) is 13.9 Å². The highest BCUT2D eigenvalue weighted by Gasteiger charge is 2.40. The first kappa shape index (κ1) is 25.8. The van der Waals surface area contributed by atoms with Gasteiger partial charge in [0.05, 0.1) is 18.1 Å². The summed E-state index contributed by atoms with van der Waals surface area (Å²) in [7, 11) is 1.28. The van der Waals surface area contributed by atoms with Crippen LogP contribution in [0.1, 0.15) is 47.0 Å². The molecule has 192 valence electrons. The molecule has 1 heterocycles. The molecule has 0 aliphatic carbocycles. The normalized spacial score (nSPS) is 11.5. The molecule has 0 radical (unpaired) electrons. The first-order chi connectivity index (χ1) is 17.6. The van der Waals surface area contributed by atoms with Crippen molar-refractivity contribution in [2.75, 3.05) is 7.11 Å².